The Bertz CT molecular complexity index is 585. The van der Waals surface area contributed by atoms with Crippen molar-refractivity contribution in [1.82, 2.24) is 15.1 Å². The monoisotopic (exact) mass is 279 g/mol. The first-order valence-corrected chi connectivity index (χ1v) is 6.55. The second-order valence-corrected chi connectivity index (χ2v) is 5.80. The molecule has 20 heavy (non-hydrogen) atoms. The third kappa shape index (κ3) is 3.63. The third-order valence-corrected chi connectivity index (χ3v) is 2.96. The molecule has 5 heteroatoms. The Balaban J connectivity index is 2.14. The van der Waals surface area contributed by atoms with E-state index >= 15 is 0 Å². The van der Waals surface area contributed by atoms with Gasteiger partial charge in [-0.15, -0.1) is 0 Å². The lowest BCUT2D eigenvalue weighted by Crippen LogP contribution is -2.35. The van der Waals surface area contributed by atoms with E-state index in [-0.39, 0.29) is 12.1 Å². The van der Waals surface area contributed by atoms with Gasteiger partial charge in [-0.25, -0.2) is 8.78 Å². The lowest BCUT2D eigenvalue weighted by atomic mass is 10.1. The molecule has 1 aromatic heterocycles. The Labute approximate surface area is 117 Å². The van der Waals surface area contributed by atoms with Gasteiger partial charge in [-0.05, 0) is 32.9 Å². The molecule has 2 aromatic rings. The first kappa shape index (κ1) is 14.7. The van der Waals surface area contributed by atoms with Crippen LogP contribution in [0, 0.1) is 11.6 Å². The number of nitrogens with one attached hydrogen (secondary N) is 1. The maximum absolute atomic E-state index is 13.7. The molecule has 0 saturated heterocycles. The van der Waals surface area contributed by atoms with E-state index in [0.29, 0.717) is 12.1 Å². The quantitative estimate of drug-likeness (QED) is 0.932. The van der Waals surface area contributed by atoms with Crippen molar-refractivity contribution in [2.45, 2.75) is 39.4 Å². The highest BCUT2D eigenvalue weighted by atomic mass is 19.2. The Hall–Kier alpha value is -1.75. The molecular formula is C15H19F2N3. The molecule has 0 saturated carbocycles. The fraction of sp³-hybridized carbons (Fsp3) is 0.400. The van der Waals surface area contributed by atoms with Gasteiger partial charge < -0.3 is 5.32 Å². The highest BCUT2D eigenvalue weighted by Crippen LogP contribution is 2.14. The summed E-state index contributed by atoms with van der Waals surface area (Å²) in [4.78, 5) is 0. The van der Waals surface area contributed by atoms with E-state index in [9.17, 15) is 8.78 Å². The molecule has 1 aromatic carbocycles. The van der Waals surface area contributed by atoms with Crippen molar-refractivity contribution in [2.75, 3.05) is 0 Å². The van der Waals surface area contributed by atoms with Crippen LogP contribution in [0.5, 0.6) is 0 Å². The van der Waals surface area contributed by atoms with Crippen LogP contribution in [-0.2, 0) is 13.1 Å². The largest absolute Gasteiger partial charge is 0.306 e. The normalized spacial score (nSPS) is 11.8. The lowest BCUT2D eigenvalue weighted by Gasteiger charge is -2.20. The van der Waals surface area contributed by atoms with E-state index in [1.807, 2.05) is 6.07 Å². The number of aromatic nitrogens is 2. The molecule has 0 unspecified atom stereocenters. The average molecular weight is 279 g/mol. The van der Waals surface area contributed by atoms with Crippen molar-refractivity contribution < 1.29 is 8.78 Å². The van der Waals surface area contributed by atoms with E-state index in [1.54, 1.807) is 16.9 Å². The molecule has 2 rings (SSSR count). The number of halogens is 2. The van der Waals surface area contributed by atoms with Gasteiger partial charge in [0.2, 0.25) is 0 Å². The van der Waals surface area contributed by atoms with Crippen LogP contribution in [0.1, 0.15) is 32.0 Å². The second kappa shape index (κ2) is 5.71. The van der Waals surface area contributed by atoms with Gasteiger partial charge in [-0.2, -0.15) is 5.10 Å². The summed E-state index contributed by atoms with van der Waals surface area (Å²) in [6.07, 6.45) is 1.66. The van der Waals surface area contributed by atoms with E-state index in [4.69, 9.17) is 0 Å². The highest BCUT2D eigenvalue weighted by molar-refractivity contribution is 5.19. The third-order valence-electron chi connectivity index (χ3n) is 2.96. The van der Waals surface area contributed by atoms with Crippen molar-refractivity contribution in [1.29, 1.82) is 0 Å². The summed E-state index contributed by atoms with van der Waals surface area (Å²) in [5.41, 5.74) is 1.22. The minimum atomic E-state index is -0.830. The van der Waals surface area contributed by atoms with Crippen molar-refractivity contribution in [3.8, 4) is 0 Å². The molecule has 0 aliphatic rings. The topological polar surface area (TPSA) is 29.9 Å². The van der Waals surface area contributed by atoms with Crippen LogP contribution in [0.4, 0.5) is 8.78 Å². The first-order chi connectivity index (χ1) is 9.37. The maximum Gasteiger partial charge on any atom is 0.163 e. The molecule has 1 N–H and O–H groups in total. The SMILES string of the molecule is CC(C)(C)NCc1ccnn1Cc1cccc(F)c1F. The summed E-state index contributed by atoms with van der Waals surface area (Å²) in [6, 6.07) is 6.06. The zero-order valence-electron chi connectivity index (χ0n) is 12.0. The fourth-order valence-corrected chi connectivity index (χ4v) is 1.84. The first-order valence-electron chi connectivity index (χ1n) is 6.55. The standard InChI is InChI=1S/C15H19F2N3/c1-15(2,3)18-9-12-7-8-19-20(12)10-11-5-4-6-13(16)14(11)17/h4-8,18H,9-10H2,1-3H3. The summed E-state index contributed by atoms with van der Waals surface area (Å²) in [5, 5.41) is 7.52. The van der Waals surface area contributed by atoms with Gasteiger partial charge in [-0.3, -0.25) is 4.68 Å². The minimum Gasteiger partial charge on any atom is -0.306 e. The molecule has 0 spiro atoms. The predicted octanol–water partition coefficient (Wildman–Crippen LogP) is 3.10. The summed E-state index contributed by atoms with van der Waals surface area (Å²) in [5.74, 6) is -1.64. The Morgan fingerprint density at radius 2 is 1.95 bits per heavy atom. The van der Waals surface area contributed by atoms with Crippen LogP contribution >= 0.6 is 0 Å². The van der Waals surface area contributed by atoms with Crippen LogP contribution < -0.4 is 5.32 Å². The second-order valence-electron chi connectivity index (χ2n) is 5.80. The predicted molar refractivity (Wildman–Crippen MR) is 74.3 cm³/mol. The van der Waals surface area contributed by atoms with Crippen LogP contribution in [0.3, 0.4) is 0 Å². The molecule has 0 aliphatic heterocycles. The van der Waals surface area contributed by atoms with Crippen molar-refractivity contribution in [2.24, 2.45) is 0 Å². The van der Waals surface area contributed by atoms with Gasteiger partial charge in [0.05, 0.1) is 12.2 Å². The smallest absolute Gasteiger partial charge is 0.163 e. The van der Waals surface area contributed by atoms with Crippen molar-refractivity contribution in [3.63, 3.8) is 0 Å². The van der Waals surface area contributed by atoms with E-state index in [2.05, 4.69) is 31.2 Å². The number of hydrogen-bond acceptors (Lipinski definition) is 2. The number of hydrogen-bond donors (Lipinski definition) is 1. The summed E-state index contributed by atoms with van der Waals surface area (Å²) < 4.78 is 28.5. The van der Waals surface area contributed by atoms with Gasteiger partial charge in [0.1, 0.15) is 0 Å². The van der Waals surface area contributed by atoms with Gasteiger partial charge in [-0.1, -0.05) is 12.1 Å². The molecule has 0 amide bonds. The van der Waals surface area contributed by atoms with E-state index in [1.165, 1.54) is 6.07 Å². The van der Waals surface area contributed by atoms with Gasteiger partial charge in [0.15, 0.2) is 11.6 Å². The van der Waals surface area contributed by atoms with Crippen molar-refractivity contribution >= 4 is 0 Å². The average Bonchev–Trinajstić information content (AvgIpc) is 2.79. The van der Waals surface area contributed by atoms with Crippen LogP contribution in [0.2, 0.25) is 0 Å². The van der Waals surface area contributed by atoms with Crippen LogP contribution in [0.15, 0.2) is 30.5 Å². The molecule has 0 fully saturated rings. The molecule has 0 radical (unpaired) electrons. The zero-order chi connectivity index (χ0) is 14.8. The number of benzene rings is 1. The van der Waals surface area contributed by atoms with Gasteiger partial charge in [0, 0.05) is 23.8 Å². The Morgan fingerprint density at radius 3 is 2.65 bits per heavy atom. The highest BCUT2D eigenvalue weighted by Gasteiger charge is 2.13. The molecule has 0 bridgehead atoms. The van der Waals surface area contributed by atoms with E-state index < -0.39 is 11.6 Å². The number of nitrogens with zero attached hydrogens (tertiary/aromatic N) is 2. The number of rotatable bonds is 4. The summed E-state index contributed by atoms with van der Waals surface area (Å²) >= 11 is 0. The molecule has 1 heterocycles. The molecule has 0 aliphatic carbocycles. The van der Waals surface area contributed by atoms with Crippen LogP contribution in [-0.4, -0.2) is 15.3 Å². The molecule has 0 atom stereocenters. The molecular weight excluding hydrogens is 260 g/mol. The minimum absolute atomic E-state index is 0.0147. The molecule has 108 valence electrons. The fourth-order valence-electron chi connectivity index (χ4n) is 1.84. The van der Waals surface area contributed by atoms with Crippen LogP contribution in [0.25, 0.3) is 0 Å². The van der Waals surface area contributed by atoms with Gasteiger partial charge >= 0.3 is 0 Å². The van der Waals surface area contributed by atoms with Crippen molar-refractivity contribution in [3.05, 3.63) is 53.4 Å². The Kier molecular flexibility index (Phi) is 4.18. The Morgan fingerprint density at radius 1 is 1.20 bits per heavy atom. The maximum atomic E-state index is 13.7. The molecule has 3 nitrogen and oxygen atoms in total. The summed E-state index contributed by atoms with van der Waals surface area (Å²) in [6.45, 7) is 7.05. The summed E-state index contributed by atoms with van der Waals surface area (Å²) in [7, 11) is 0. The lowest BCUT2D eigenvalue weighted by molar-refractivity contribution is 0.412. The van der Waals surface area contributed by atoms with E-state index in [0.717, 1.165) is 11.8 Å². The van der Waals surface area contributed by atoms with Gasteiger partial charge in [0.25, 0.3) is 0 Å². The zero-order valence-corrected chi connectivity index (χ0v) is 12.0.